The van der Waals surface area contributed by atoms with Crippen molar-refractivity contribution in [1.29, 1.82) is 0 Å². The smallest absolute Gasteiger partial charge is 0.0187 e. The van der Waals surface area contributed by atoms with Gasteiger partial charge in [0, 0.05) is 23.7 Å². The molecule has 0 aromatic heterocycles. The highest BCUT2D eigenvalue weighted by Gasteiger charge is 2.51. The minimum Gasteiger partial charge on any atom is -0.314 e. The lowest BCUT2D eigenvalue weighted by molar-refractivity contribution is 0.00751. The molecule has 0 spiro atoms. The van der Waals surface area contributed by atoms with Gasteiger partial charge in [0.15, 0.2) is 0 Å². The molecule has 2 heterocycles. The number of fused-ring (bicyclic) bond motifs is 2. The first kappa shape index (κ1) is 12.9. The van der Waals surface area contributed by atoms with Gasteiger partial charge in [-0.15, -0.1) is 0 Å². The van der Waals surface area contributed by atoms with Crippen LogP contribution in [0, 0.1) is 5.92 Å². The zero-order valence-electron chi connectivity index (χ0n) is 12.4. The van der Waals surface area contributed by atoms with Crippen LogP contribution in [0.5, 0.6) is 0 Å². The summed E-state index contributed by atoms with van der Waals surface area (Å²) < 4.78 is 0. The molecule has 0 radical (unpaired) electrons. The Hall–Kier alpha value is -0.0800. The zero-order chi connectivity index (χ0) is 12.8. The molecule has 2 saturated heterocycles. The average molecular weight is 250 g/mol. The van der Waals surface area contributed by atoms with Crippen LogP contribution in [0.15, 0.2) is 0 Å². The Balaban J connectivity index is 1.66. The summed E-state index contributed by atoms with van der Waals surface area (Å²) in [6.07, 6.45) is 9.90. The molecule has 0 aromatic rings. The highest BCUT2D eigenvalue weighted by molar-refractivity contribution is 5.07. The minimum atomic E-state index is 0.474. The summed E-state index contributed by atoms with van der Waals surface area (Å²) in [6.45, 7) is 8.49. The van der Waals surface area contributed by atoms with Crippen LogP contribution < -0.4 is 5.32 Å². The zero-order valence-corrected chi connectivity index (χ0v) is 12.4. The van der Waals surface area contributed by atoms with E-state index in [1.807, 2.05) is 0 Å². The molecule has 3 fully saturated rings. The Morgan fingerprint density at radius 3 is 2.17 bits per heavy atom. The van der Waals surface area contributed by atoms with Crippen LogP contribution >= 0.6 is 0 Å². The molecule has 2 bridgehead atoms. The van der Waals surface area contributed by atoms with E-state index in [9.17, 15) is 0 Å². The van der Waals surface area contributed by atoms with E-state index in [-0.39, 0.29) is 0 Å². The van der Waals surface area contributed by atoms with Crippen molar-refractivity contribution in [2.75, 3.05) is 6.54 Å². The molecular formula is C16H30N2. The lowest BCUT2D eigenvalue weighted by atomic mass is 9.87. The summed E-state index contributed by atoms with van der Waals surface area (Å²) in [4.78, 5) is 2.93. The molecule has 1 N–H and O–H groups in total. The van der Waals surface area contributed by atoms with Gasteiger partial charge in [-0.1, -0.05) is 6.92 Å². The quantitative estimate of drug-likeness (QED) is 0.806. The van der Waals surface area contributed by atoms with E-state index < -0.39 is 0 Å². The van der Waals surface area contributed by atoms with Gasteiger partial charge in [0.1, 0.15) is 0 Å². The maximum Gasteiger partial charge on any atom is 0.0187 e. The van der Waals surface area contributed by atoms with Gasteiger partial charge in [0.05, 0.1) is 0 Å². The number of nitrogens with zero attached hydrogens (tertiary/aromatic N) is 1. The highest BCUT2D eigenvalue weighted by Crippen LogP contribution is 2.49. The van der Waals surface area contributed by atoms with E-state index in [0.29, 0.717) is 5.54 Å². The monoisotopic (exact) mass is 250 g/mol. The Morgan fingerprint density at radius 2 is 1.67 bits per heavy atom. The first-order valence-corrected chi connectivity index (χ1v) is 8.14. The fourth-order valence-electron chi connectivity index (χ4n) is 4.63. The fourth-order valence-corrected chi connectivity index (χ4v) is 4.63. The maximum absolute atomic E-state index is 3.76. The van der Waals surface area contributed by atoms with Crippen LogP contribution in [0.1, 0.15) is 65.7 Å². The molecule has 104 valence electrons. The van der Waals surface area contributed by atoms with Crippen molar-refractivity contribution in [3.05, 3.63) is 0 Å². The van der Waals surface area contributed by atoms with E-state index >= 15 is 0 Å². The Bertz CT molecular complexity index is 281. The van der Waals surface area contributed by atoms with Crippen molar-refractivity contribution in [2.24, 2.45) is 5.92 Å². The topological polar surface area (TPSA) is 15.3 Å². The minimum absolute atomic E-state index is 0.474. The second-order valence-corrected chi connectivity index (χ2v) is 7.34. The van der Waals surface area contributed by atoms with E-state index in [1.165, 1.54) is 51.5 Å². The first-order chi connectivity index (χ1) is 8.63. The molecule has 0 amide bonds. The summed E-state index contributed by atoms with van der Waals surface area (Å²) in [5.74, 6) is 0.987. The molecule has 3 aliphatic rings. The molecule has 1 saturated carbocycles. The number of rotatable bonds is 5. The molecule has 2 heteroatoms. The van der Waals surface area contributed by atoms with Gasteiger partial charge in [-0.25, -0.2) is 0 Å². The van der Waals surface area contributed by atoms with Crippen LogP contribution in [0.25, 0.3) is 0 Å². The van der Waals surface area contributed by atoms with Crippen LogP contribution in [0.4, 0.5) is 0 Å². The van der Waals surface area contributed by atoms with Crippen molar-refractivity contribution in [3.8, 4) is 0 Å². The second kappa shape index (κ2) is 4.79. The highest BCUT2D eigenvalue weighted by atomic mass is 15.3. The van der Waals surface area contributed by atoms with Crippen molar-refractivity contribution < 1.29 is 0 Å². The molecule has 0 aromatic carbocycles. The molecule has 2 atom stereocenters. The molecule has 3 rings (SSSR count). The van der Waals surface area contributed by atoms with Gasteiger partial charge in [-0.3, -0.25) is 4.90 Å². The standard InChI is InChI=1S/C16H30N2/c1-4-9-17-13-10-14-7-8-15(11-13)18(14)16(2,3)12-5-6-12/h12-15,17H,4-11H2,1-3H3. The van der Waals surface area contributed by atoms with Crippen LogP contribution in [0.2, 0.25) is 0 Å². The predicted molar refractivity (Wildman–Crippen MR) is 76.8 cm³/mol. The Labute approximate surface area is 113 Å². The molecule has 2 unspecified atom stereocenters. The van der Waals surface area contributed by atoms with E-state index in [2.05, 4.69) is 31.0 Å². The maximum atomic E-state index is 3.76. The number of hydrogen-bond donors (Lipinski definition) is 1. The van der Waals surface area contributed by atoms with Gasteiger partial charge in [0.25, 0.3) is 0 Å². The summed E-state index contributed by atoms with van der Waals surface area (Å²) >= 11 is 0. The summed E-state index contributed by atoms with van der Waals surface area (Å²) in [5.41, 5.74) is 0.474. The number of piperidine rings is 1. The van der Waals surface area contributed by atoms with E-state index in [0.717, 1.165) is 24.0 Å². The summed E-state index contributed by atoms with van der Waals surface area (Å²) in [6, 6.07) is 2.54. The average Bonchev–Trinajstić information content (AvgIpc) is 3.14. The Kier molecular flexibility index (Phi) is 3.44. The molecule has 18 heavy (non-hydrogen) atoms. The fraction of sp³-hybridized carbons (Fsp3) is 1.00. The van der Waals surface area contributed by atoms with Crippen molar-refractivity contribution in [3.63, 3.8) is 0 Å². The van der Waals surface area contributed by atoms with Crippen molar-refractivity contribution in [1.82, 2.24) is 10.2 Å². The van der Waals surface area contributed by atoms with Crippen LogP contribution in [-0.4, -0.2) is 35.1 Å². The molecule has 2 aliphatic heterocycles. The molecular weight excluding hydrogens is 220 g/mol. The molecule has 1 aliphatic carbocycles. The van der Waals surface area contributed by atoms with Gasteiger partial charge in [-0.2, -0.15) is 0 Å². The first-order valence-electron chi connectivity index (χ1n) is 8.14. The van der Waals surface area contributed by atoms with E-state index in [1.54, 1.807) is 0 Å². The number of nitrogens with one attached hydrogen (secondary N) is 1. The van der Waals surface area contributed by atoms with Gasteiger partial charge >= 0.3 is 0 Å². The normalized spacial score (nSPS) is 37.2. The summed E-state index contributed by atoms with van der Waals surface area (Å²) in [5, 5.41) is 3.76. The number of hydrogen-bond acceptors (Lipinski definition) is 2. The van der Waals surface area contributed by atoms with Gasteiger partial charge in [-0.05, 0) is 71.3 Å². The SMILES string of the molecule is CCCNC1CC2CCC(C1)N2C(C)(C)C1CC1. The summed E-state index contributed by atoms with van der Waals surface area (Å²) in [7, 11) is 0. The largest absolute Gasteiger partial charge is 0.314 e. The second-order valence-electron chi connectivity index (χ2n) is 7.34. The lowest BCUT2D eigenvalue weighted by Gasteiger charge is -2.49. The predicted octanol–water partition coefficient (Wildman–Crippen LogP) is 3.17. The van der Waals surface area contributed by atoms with Crippen molar-refractivity contribution >= 4 is 0 Å². The molecule has 2 nitrogen and oxygen atoms in total. The van der Waals surface area contributed by atoms with Crippen LogP contribution in [0.3, 0.4) is 0 Å². The third kappa shape index (κ3) is 2.22. The van der Waals surface area contributed by atoms with Gasteiger partial charge in [0.2, 0.25) is 0 Å². The van der Waals surface area contributed by atoms with Crippen LogP contribution in [-0.2, 0) is 0 Å². The third-order valence-electron chi connectivity index (χ3n) is 5.66. The van der Waals surface area contributed by atoms with Gasteiger partial charge < -0.3 is 5.32 Å². The Morgan fingerprint density at radius 1 is 1.06 bits per heavy atom. The van der Waals surface area contributed by atoms with Crippen molar-refractivity contribution in [2.45, 2.75) is 89.4 Å². The van der Waals surface area contributed by atoms with E-state index in [4.69, 9.17) is 0 Å². The third-order valence-corrected chi connectivity index (χ3v) is 5.66. The lowest BCUT2D eigenvalue weighted by Crippen LogP contribution is -2.58.